The Labute approximate surface area is 223 Å². The van der Waals surface area contributed by atoms with E-state index in [-0.39, 0.29) is 5.75 Å². The first kappa shape index (κ1) is 33.4. The van der Waals surface area contributed by atoms with E-state index in [1.165, 1.54) is 37.4 Å². The fraction of sp³-hybridized carbons (Fsp3) is 0.500. The number of ether oxygens (including phenoxy) is 2. The van der Waals surface area contributed by atoms with Crippen molar-refractivity contribution in [2.75, 3.05) is 13.7 Å². The molecule has 2 unspecified atom stereocenters. The van der Waals surface area contributed by atoms with E-state index in [4.69, 9.17) is 30.5 Å². The molecule has 4 N–H and O–H groups in total. The standard InChI is InChI=1S/C17H26ClFNO7P.C5H6N2O3/c1-11(2)26-16(22)12(3)20-28(23,25-10-17(19,24-5)13(4)21)27-15-8-6-14(18)7-9-15;8-3-7-2-1-4(9)6-5(7)10/h6-9,11-13,21H,10H2,1-5H3,(H,20,23);1-2,8H,3H2,(H,6,9,10)/t12?,13-,17+,28?;/m0./s1. The Balaban J connectivity index is 0.000000600. The number of methoxy groups -OCH3 is 1. The molecule has 2 rings (SSSR count). The Morgan fingerprint density at radius 1 is 1.21 bits per heavy atom. The maximum absolute atomic E-state index is 14.5. The number of alkyl halides is 1. The van der Waals surface area contributed by atoms with Crippen molar-refractivity contribution < 1.29 is 42.5 Å². The number of hydrogen-bond donors (Lipinski definition) is 4. The number of H-pyrrole nitrogens is 1. The van der Waals surface area contributed by atoms with Crippen LogP contribution >= 0.6 is 19.3 Å². The third kappa shape index (κ3) is 11.0. The molecule has 1 heterocycles. The number of aliphatic hydroxyl groups is 2. The molecule has 38 heavy (non-hydrogen) atoms. The van der Waals surface area contributed by atoms with Gasteiger partial charge in [-0.2, -0.15) is 5.09 Å². The summed E-state index contributed by atoms with van der Waals surface area (Å²) in [6, 6.07) is 5.89. The summed E-state index contributed by atoms with van der Waals surface area (Å²) in [5.41, 5.74) is -1.07. The second-order valence-corrected chi connectivity index (χ2v) is 10.2. The summed E-state index contributed by atoms with van der Waals surface area (Å²) in [5.74, 6) is -3.24. The van der Waals surface area contributed by atoms with Gasteiger partial charge < -0.3 is 24.2 Å². The fourth-order valence-corrected chi connectivity index (χ4v) is 4.06. The van der Waals surface area contributed by atoms with E-state index in [9.17, 15) is 28.4 Å². The minimum absolute atomic E-state index is 0.101. The molecular formula is C22H32ClFN3O10P. The van der Waals surface area contributed by atoms with Crippen LogP contribution in [0.2, 0.25) is 5.02 Å². The molecule has 0 amide bonds. The van der Waals surface area contributed by atoms with Crippen LogP contribution in [0.5, 0.6) is 5.75 Å². The largest absolute Gasteiger partial charge is 0.462 e. The summed E-state index contributed by atoms with van der Waals surface area (Å²) in [5, 5.41) is 20.8. The van der Waals surface area contributed by atoms with Crippen molar-refractivity contribution in [3.05, 3.63) is 62.4 Å². The molecule has 1 aromatic heterocycles. The third-order valence-corrected chi connectivity index (χ3v) is 6.42. The van der Waals surface area contributed by atoms with E-state index < -0.39 is 62.4 Å². The van der Waals surface area contributed by atoms with Crippen molar-refractivity contribution in [1.29, 1.82) is 0 Å². The first-order valence-electron chi connectivity index (χ1n) is 11.2. The highest BCUT2D eigenvalue weighted by molar-refractivity contribution is 7.52. The van der Waals surface area contributed by atoms with E-state index >= 15 is 0 Å². The van der Waals surface area contributed by atoms with Crippen molar-refractivity contribution >= 4 is 25.3 Å². The van der Waals surface area contributed by atoms with E-state index in [0.29, 0.717) is 5.02 Å². The van der Waals surface area contributed by atoms with E-state index in [2.05, 4.69) is 9.82 Å². The molecule has 0 fully saturated rings. The molecule has 0 saturated heterocycles. The summed E-state index contributed by atoms with van der Waals surface area (Å²) >= 11 is 5.81. The zero-order valence-corrected chi connectivity index (χ0v) is 23.1. The molecule has 0 aliphatic carbocycles. The zero-order chi connectivity index (χ0) is 29.1. The van der Waals surface area contributed by atoms with Crippen molar-refractivity contribution in [2.24, 2.45) is 0 Å². The predicted molar refractivity (Wildman–Crippen MR) is 136 cm³/mol. The van der Waals surface area contributed by atoms with Gasteiger partial charge in [-0.15, -0.1) is 0 Å². The van der Waals surface area contributed by atoms with E-state index in [1.54, 1.807) is 13.8 Å². The van der Waals surface area contributed by atoms with Gasteiger partial charge in [0, 0.05) is 24.4 Å². The number of aliphatic hydroxyl groups excluding tert-OH is 2. The van der Waals surface area contributed by atoms with Crippen LogP contribution in [-0.4, -0.2) is 63.6 Å². The second-order valence-electron chi connectivity index (χ2n) is 8.04. The number of carbonyl (C=O) groups is 1. The van der Waals surface area contributed by atoms with Gasteiger partial charge in [0.25, 0.3) is 11.4 Å². The van der Waals surface area contributed by atoms with Crippen LogP contribution in [0.15, 0.2) is 46.1 Å². The Kier molecular flexibility index (Phi) is 13.3. The number of nitrogens with one attached hydrogen (secondary N) is 2. The number of aromatic amines is 1. The number of rotatable bonds is 12. The zero-order valence-electron chi connectivity index (χ0n) is 21.4. The monoisotopic (exact) mass is 583 g/mol. The lowest BCUT2D eigenvalue weighted by Crippen LogP contribution is -2.43. The SMILES string of the molecule is CO[C@](F)(COP(=O)(NC(C)C(=O)OC(C)C)Oc1ccc(Cl)cc1)[C@H](C)O.O=c1ccn(CO)c(=O)[nH]1. The van der Waals surface area contributed by atoms with Gasteiger partial charge >= 0.3 is 19.4 Å². The quantitative estimate of drug-likeness (QED) is 0.212. The van der Waals surface area contributed by atoms with Crippen molar-refractivity contribution in [3.8, 4) is 5.75 Å². The highest BCUT2D eigenvalue weighted by atomic mass is 35.5. The lowest BCUT2D eigenvalue weighted by molar-refractivity contribution is -0.202. The van der Waals surface area contributed by atoms with E-state index in [0.717, 1.165) is 24.7 Å². The third-order valence-electron chi connectivity index (χ3n) is 4.54. The predicted octanol–water partition coefficient (Wildman–Crippen LogP) is 1.95. The molecule has 0 radical (unpaired) electrons. The highest BCUT2D eigenvalue weighted by Gasteiger charge is 2.41. The van der Waals surface area contributed by atoms with Gasteiger partial charge in [0.2, 0.25) is 0 Å². The van der Waals surface area contributed by atoms with Crippen LogP contribution < -0.4 is 20.9 Å². The first-order chi connectivity index (χ1) is 17.6. The van der Waals surface area contributed by atoms with Crippen molar-refractivity contribution in [1.82, 2.24) is 14.6 Å². The average Bonchev–Trinajstić information content (AvgIpc) is 2.84. The minimum atomic E-state index is -4.28. The number of aromatic nitrogens is 2. The molecule has 0 bridgehead atoms. The van der Waals surface area contributed by atoms with Gasteiger partial charge in [-0.25, -0.2) is 13.8 Å². The van der Waals surface area contributed by atoms with Gasteiger partial charge in [-0.3, -0.25) is 23.7 Å². The molecule has 4 atom stereocenters. The maximum Gasteiger partial charge on any atom is 0.459 e. The number of nitrogens with zero attached hydrogens (tertiary/aromatic N) is 1. The number of esters is 1. The molecule has 1 aromatic carbocycles. The van der Waals surface area contributed by atoms with Crippen LogP contribution in [0.25, 0.3) is 0 Å². The topological polar surface area (TPSA) is 178 Å². The fourth-order valence-electron chi connectivity index (χ4n) is 2.43. The van der Waals surface area contributed by atoms with Crippen molar-refractivity contribution in [2.45, 2.75) is 58.5 Å². The van der Waals surface area contributed by atoms with Gasteiger partial charge in [-0.05, 0) is 52.0 Å². The summed E-state index contributed by atoms with van der Waals surface area (Å²) in [7, 11) is -3.26. The molecule has 0 aliphatic rings. The summed E-state index contributed by atoms with van der Waals surface area (Å²) in [6.07, 6.45) is -0.748. The Morgan fingerprint density at radius 2 is 1.82 bits per heavy atom. The number of halogens is 2. The van der Waals surface area contributed by atoms with Gasteiger partial charge in [0.15, 0.2) is 0 Å². The van der Waals surface area contributed by atoms with Crippen LogP contribution in [0.4, 0.5) is 4.39 Å². The van der Waals surface area contributed by atoms with Crippen LogP contribution in [0, 0.1) is 0 Å². The average molecular weight is 584 g/mol. The molecule has 16 heteroatoms. The number of benzene rings is 1. The molecule has 0 spiro atoms. The summed E-state index contributed by atoms with van der Waals surface area (Å²) in [4.78, 5) is 35.0. The Bertz CT molecular complexity index is 1190. The Morgan fingerprint density at radius 3 is 2.29 bits per heavy atom. The normalized spacial score (nSPS) is 15.8. The molecule has 214 valence electrons. The number of hydrogen-bond acceptors (Lipinski definition) is 10. The van der Waals surface area contributed by atoms with Gasteiger partial charge in [0.1, 0.15) is 31.2 Å². The highest BCUT2D eigenvalue weighted by Crippen LogP contribution is 2.46. The number of carbonyl (C=O) groups excluding carboxylic acids is 1. The lowest BCUT2D eigenvalue weighted by Gasteiger charge is -2.29. The van der Waals surface area contributed by atoms with E-state index in [1.807, 2.05) is 4.98 Å². The molecule has 2 aromatic rings. The minimum Gasteiger partial charge on any atom is -0.462 e. The maximum atomic E-state index is 14.5. The van der Waals surface area contributed by atoms with Crippen LogP contribution in [-0.2, 0) is 30.1 Å². The molecular weight excluding hydrogens is 552 g/mol. The second kappa shape index (κ2) is 15.1. The van der Waals surface area contributed by atoms with Crippen LogP contribution in [0.1, 0.15) is 27.7 Å². The van der Waals surface area contributed by atoms with Gasteiger partial charge in [0.05, 0.1) is 6.10 Å². The van der Waals surface area contributed by atoms with Crippen LogP contribution in [0.3, 0.4) is 0 Å². The Hall–Kier alpha value is -2.58. The van der Waals surface area contributed by atoms with Crippen molar-refractivity contribution in [3.63, 3.8) is 0 Å². The van der Waals surface area contributed by atoms with Gasteiger partial charge in [-0.1, -0.05) is 11.6 Å². The summed E-state index contributed by atoms with van der Waals surface area (Å²) < 4.78 is 48.8. The molecule has 0 saturated carbocycles. The summed E-state index contributed by atoms with van der Waals surface area (Å²) in [6.45, 7) is 4.50. The lowest BCUT2D eigenvalue weighted by atomic mass is 10.2. The first-order valence-corrected chi connectivity index (χ1v) is 13.1. The molecule has 13 nitrogen and oxygen atoms in total. The molecule has 0 aliphatic heterocycles. The smallest absolute Gasteiger partial charge is 0.459 e.